The lowest BCUT2D eigenvalue weighted by atomic mass is 10.1. The van der Waals surface area contributed by atoms with Crippen molar-refractivity contribution in [2.45, 2.75) is 6.54 Å². The predicted molar refractivity (Wildman–Crippen MR) is 78.1 cm³/mol. The highest BCUT2D eigenvalue weighted by Crippen LogP contribution is 2.24. The van der Waals surface area contributed by atoms with Crippen LogP contribution in [-0.2, 0) is 6.54 Å². The van der Waals surface area contributed by atoms with Crippen molar-refractivity contribution in [3.8, 4) is 11.8 Å². The number of nitrogens with one attached hydrogen (secondary N) is 1. The average molecular weight is 283 g/mol. The van der Waals surface area contributed by atoms with Crippen LogP contribution in [0, 0.1) is 21.4 Å². The highest BCUT2D eigenvalue weighted by molar-refractivity contribution is 5.61. The molecule has 1 N–H and O–H groups in total. The van der Waals surface area contributed by atoms with E-state index in [1.165, 1.54) is 13.2 Å². The van der Waals surface area contributed by atoms with Crippen LogP contribution in [-0.4, -0.2) is 12.0 Å². The fraction of sp³-hybridized carbons (Fsp3) is 0.133. The zero-order valence-electron chi connectivity index (χ0n) is 11.4. The van der Waals surface area contributed by atoms with Crippen LogP contribution < -0.4 is 10.1 Å². The number of methoxy groups -OCH3 is 1. The third kappa shape index (κ3) is 3.28. The Morgan fingerprint density at radius 3 is 2.76 bits per heavy atom. The third-order valence-electron chi connectivity index (χ3n) is 3.00. The van der Waals surface area contributed by atoms with Gasteiger partial charge in [-0.25, -0.2) is 0 Å². The third-order valence-corrected chi connectivity index (χ3v) is 3.00. The van der Waals surface area contributed by atoms with Crippen molar-refractivity contribution < 1.29 is 9.66 Å². The lowest BCUT2D eigenvalue weighted by Crippen LogP contribution is -2.04. The molecular formula is C15H13N3O3. The summed E-state index contributed by atoms with van der Waals surface area (Å²) in [4.78, 5) is 10.5. The van der Waals surface area contributed by atoms with E-state index in [0.717, 1.165) is 0 Å². The number of ether oxygens (including phenoxy) is 1. The van der Waals surface area contributed by atoms with Gasteiger partial charge in [-0.15, -0.1) is 0 Å². The zero-order chi connectivity index (χ0) is 15.2. The van der Waals surface area contributed by atoms with Crippen molar-refractivity contribution >= 4 is 11.4 Å². The zero-order valence-corrected chi connectivity index (χ0v) is 11.4. The largest absolute Gasteiger partial charge is 0.497 e. The maximum Gasteiger partial charge on any atom is 0.274 e. The average Bonchev–Trinajstić information content (AvgIpc) is 2.52. The molecule has 6 heteroatoms. The molecule has 0 atom stereocenters. The summed E-state index contributed by atoms with van der Waals surface area (Å²) in [6.07, 6.45) is 0. The van der Waals surface area contributed by atoms with Gasteiger partial charge >= 0.3 is 0 Å². The van der Waals surface area contributed by atoms with E-state index in [-0.39, 0.29) is 12.2 Å². The van der Waals surface area contributed by atoms with Crippen LogP contribution in [0.5, 0.6) is 5.75 Å². The Kier molecular flexibility index (Phi) is 4.36. The van der Waals surface area contributed by atoms with E-state index in [2.05, 4.69) is 11.4 Å². The van der Waals surface area contributed by atoms with E-state index < -0.39 is 4.92 Å². The van der Waals surface area contributed by atoms with Gasteiger partial charge in [0, 0.05) is 24.2 Å². The van der Waals surface area contributed by atoms with Crippen molar-refractivity contribution in [2.24, 2.45) is 0 Å². The summed E-state index contributed by atoms with van der Waals surface area (Å²) in [5.74, 6) is 0.610. The Bertz CT molecular complexity index is 708. The number of rotatable bonds is 5. The fourth-order valence-electron chi connectivity index (χ4n) is 1.92. The monoisotopic (exact) mass is 283 g/mol. The second-order valence-electron chi connectivity index (χ2n) is 4.26. The van der Waals surface area contributed by atoms with E-state index in [4.69, 9.17) is 10.00 Å². The van der Waals surface area contributed by atoms with E-state index in [0.29, 0.717) is 22.6 Å². The molecule has 0 heterocycles. The molecule has 0 amide bonds. The molecule has 2 aromatic carbocycles. The fourth-order valence-corrected chi connectivity index (χ4v) is 1.92. The molecule has 0 spiro atoms. The minimum Gasteiger partial charge on any atom is -0.497 e. The Morgan fingerprint density at radius 2 is 2.10 bits per heavy atom. The highest BCUT2D eigenvalue weighted by atomic mass is 16.6. The molecule has 106 valence electrons. The van der Waals surface area contributed by atoms with Crippen LogP contribution in [0.25, 0.3) is 0 Å². The normalized spacial score (nSPS) is 9.71. The maximum absolute atomic E-state index is 11.0. The van der Waals surface area contributed by atoms with Gasteiger partial charge in [0.2, 0.25) is 0 Å². The van der Waals surface area contributed by atoms with Gasteiger partial charge in [0.25, 0.3) is 5.69 Å². The van der Waals surface area contributed by atoms with Crippen LogP contribution in [0.3, 0.4) is 0 Å². The SMILES string of the molecule is COc1ccc(C#N)c(NCc2ccccc2[N+](=O)[O-])c1. The minimum atomic E-state index is -0.423. The predicted octanol–water partition coefficient (Wildman–Crippen LogP) is 3.09. The number of hydrogen-bond donors (Lipinski definition) is 1. The summed E-state index contributed by atoms with van der Waals surface area (Å²) in [5, 5.41) is 23.1. The molecule has 0 bridgehead atoms. The summed E-state index contributed by atoms with van der Waals surface area (Å²) < 4.78 is 5.11. The minimum absolute atomic E-state index is 0.0476. The number of nitro groups is 1. The first-order valence-electron chi connectivity index (χ1n) is 6.20. The molecule has 6 nitrogen and oxygen atoms in total. The lowest BCUT2D eigenvalue weighted by Gasteiger charge is -2.10. The van der Waals surface area contributed by atoms with Crippen LogP contribution >= 0.6 is 0 Å². The van der Waals surface area contributed by atoms with Gasteiger partial charge in [0.1, 0.15) is 11.8 Å². The number of anilines is 1. The summed E-state index contributed by atoms with van der Waals surface area (Å²) in [7, 11) is 1.53. The molecule has 0 saturated carbocycles. The highest BCUT2D eigenvalue weighted by Gasteiger charge is 2.12. The molecule has 0 saturated heterocycles. The number of nitriles is 1. The van der Waals surface area contributed by atoms with Gasteiger partial charge in [0.05, 0.1) is 23.3 Å². The molecule has 0 aliphatic carbocycles. The molecule has 2 rings (SSSR count). The number of para-hydroxylation sites is 1. The first-order valence-corrected chi connectivity index (χ1v) is 6.20. The molecule has 2 aromatic rings. The number of nitro benzene ring substituents is 1. The smallest absolute Gasteiger partial charge is 0.274 e. The Balaban J connectivity index is 2.24. The van der Waals surface area contributed by atoms with Crippen molar-refractivity contribution in [2.75, 3.05) is 12.4 Å². The standard InChI is InChI=1S/C15H13N3O3/c1-21-13-7-6-11(9-16)14(8-13)17-10-12-4-2-3-5-15(12)18(19)20/h2-8,17H,10H2,1H3. The van der Waals surface area contributed by atoms with Gasteiger partial charge in [-0.1, -0.05) is 18.2 Å². The molecule has 21 heavy (non-hydrogen) atoms. The second kappa shape index (κ2) is 6.39. The Morgan fingerprint density at radius 1 is 1.33 bits per heavy atom. The number of nitrogens with zero attached hydrogens (tertiary/aromatic N) is 2. The van der Waals surface area contributed by atoms with E-state index in [1.807, 2.05) is 0 Å². The first-order chi connectivity index (χ1) is 10.2. The van der Waals surface area contributed by atoms with Crippen molar-refractivity contribution in [3.05, 3.63) is 63.7 Å². The molecule has 0 radical (unpaired) electrons. The van der Waals surface area contributed by atoms with Crippen LogP contribution in [0.1, 0.15) is 11.1 Å². The van der Waals surface area contributed by atoms with Crippen molar-refractivity contribution in [3.63, 3.8) is 0 Å². The summed E-state index contributed by atoms with van der Waals surface area (Å²) in [6.45, 7) is 0.249. The molecule has 0 aliphatic heterocycles. The summed E-state index contributed by atoms with van der Waals surface area (Å²) >= 11 is 0. The number of benzene rings is 2. The maximum atomic E-state index is 11.0. The van der Waals surface area contributed by atoms with E-state index >= 15 is 0 Å². The van der Waals surface area contributed by atoms with Crippen molar-refractivity contribution in [1.82, 2.24) is 0 Å². The van der Waals surface area contributed by atoms with Gasteiger partial charge in [-0.05, 0) is 12.1 Å². The quantitative estimate of drug-likeness (QED) is 0.673. The lowest BCUT2D eigenvalue weighted by molar-refractivity contribution is -0.385. The van der Waals surface area contributed by atoms with Crippen molar-refractivity contribution in [1.29, 1.82) is 5.26 Å². The molecule has 0 aliphatic rings. The van der Waals surface area contributed by atoms with Gasteiger partial charge in [-0.2, -0.15) is 5.26 Å². The van der Waals surface area contributed by atoms with E-state index in [9.17, 15) is 10.1 Å². The van der Waals surface area contributed by atoms with Crippen LogP contribution in [0.2, 0.25) is 0 Å². The Labute approximate surface area is 121 Å². The summed E-state index contributed by atoms with van der Waals surface area (Å²) in [6, 6.07) is 13.6. The van der Waals surface area contributed by atoms with Gasteiger partial charge in [-0.3, -0.25) is 10.1 Å². The van der Waals surface area contributed by atoms with Gasteiger partial charge in [0.15, 0.2) is 0 Å². The molecule has 0 unspecified atom stereocenters. The van der Waals surface area contributed by atoms with E-state index in [1.54, 1.807) is 36.4 Å². The van der Waals surface area contributed by atoms with Crippen LogP contribution in [0.15, 0.2) is 42.5 Å². The Hall–Kier alpha value is -3.07. The van der Waals surface area contributed by atoms with Crippen LogP contribution in [0.4, 0.5) is 11.4 Å². The molecular weight excluding hydrogens is 270 g/mol. The molecule has 0 fully saturated rings. The molecule has 0 aromatic heterocycles. The van der Waals surface area contributed by atoms with Gasteiger partial charge < -0.3 is 10.1 Å². The summed E-state index contributed by atoms with van der Waals surface area (Å²) in [5.41, 5.74) is 1.63. The first kappa shape index (κ1) is 14.3. The second-order valence-corrected chi connectivity index (χ2v) is 4.26. The topological polar surface area (TPSA) is 88.2 Å². The number of hydrogen-bond acceptors (Lipinski definition) is 5.